The van der Waals surface area contributed by atoms with Gasteiger partial charge in [-0.1, -0.05) is 12.1 Å². The van der Waals surface area contributed by atoms with Crippen molar-refractivity contribution in [2.24, 2.45) is 5.92 Å². The molecule has 1 atom stereocenters. The summed E-state index contributed by atoms with van der Waals surface area (Å²) in [6.45, 7) is 0.519. The first-order valence-electron chi connectivity index (χ1n) is 7.30. The summed E-state index contributed by atoms with van der Waals surface area (Å²) in [4.78, 5) is 14.5. The Morgan fingerprint density at radius 2 is 2.05 bits per heavy atom. The number of carbonyl (C=O) groups excluding carboxylic acids is 1. The second-order valence-corrected chi connectivity index (χ2v) is 8.27. The van der Waals surface area contributed by atoms with Crippen molar-refractivity contribution >= 4 is 21.4 Å². The zero-order valence-corrected chi connectivity index (χ0v) is 12.7. The van der Waals surface area contributed by atoms with Gasteiger partial charge in [-0.15, -0.1) is 0 Å². The first kappa shape index (κ1) is 14.4. The maximum absolute atomic E-state index is 12.6. The minimum absolute atomic E-state index is 0.00593. The molecule has 6 heteroatoms. The number of benzene rings is 1. The monoisotopic (exact) mass is 308 g/mol. The van der Waals surface area contributed by atoms with Crippen LogP contribution in [0.3, 0.4) is 0 Å². The Morgan fingerprint density at radius 3 is 2.62 bits per heavy atom. The molecule has 1 aliphatic heterocycles. The fraction of sp³-hybridized carbons (Fsp3) is 0.533. The smallest absolute Gasteiger partial charge is 0.227 e. The SMILES string of the molecule is Nc1cccc(CN(C(=O)C2CCS(=O)(=O)C2)C2CC2)c1. The van der Waals surface area contributed by atoms with Crippen LogP contribution in [0.5, 0.6) is 0 Å². The van der Waals surface area contributed by atoms with E-state index in [4.69, 9.17) is 5.73 Å². The summed E-state index contributed by atoms with van der Waals surface area (Å²) < 4.78 is 23.1. The number of anilines is 1. The van der Waals surface area contributed by atoms with Crippen molar-refractivity contribution in [3.63, 3.8) is 0 Å². The van der Waals surface area contributed by atoms with E-state index in [-0.39, 0.29) is 29.4 Å². The van der Waals surface area contributed by atoms with Gasteiger partial charge in [-0.25, -0.2) is 8.42 Å². The Labute approximate surface area is 125 Å². The predicted molar refractivity (Wildman–Crippen MR) is 81.2 cm³/mol. The maximum Gasteiger partial charge on any atom is 0.227 e. The number of rotatable bonds is 4. The summed E-state index contributed by atoms with van der Waals surface area (Å²) in [6, 6.07) is 7.77. The Kier molecular flexibility index (Phi) is 3.65. The summed E-state index contributed by atoms with van der Waals surface area (Å²) in [6.07, 6.45) is 2.47. The number of hydrogen-bond acceptors (Lipinski definition) is 4. The molecule has 2 fully saturated rings. The van der Waals surface area contributed by atoms with Crippen LogP contribution in [0.2, 0.25) is 0 Å². The molecule has 1 aliphatic carbocycles. The van der Waals surface area contributed by atoms with Crippen LogP contribution >= 0.6 is 0 Å². The number of amides is 1. The van der Waals surface area contributed by atoms with Crippen molar-refractivity contribution in [1.29, 1.82) is 0 Å². The summed E-state index contributed by atoms with van der Waals surface area (Å²) in [5.74, 6) is -0.232. The topological polar surface area (TPSA) is 80.5 Å². The van der Waals surface area contributed by atoms with Crippen LogP contribution in [0.1, 0.15) is 24.8 Å². The Hall–Kier alpha value is -1.56. The number of hydrogen-bond donors (Lipinski definition) is 1. The van der Waals surface area contributed by atoms with Gasteiger partial charge in [0.2, 0.25) is 5.91 Å². The zero-order valence-electron chi connectivity index (χ0n) is 11.9. The molecule has 1 unspecified atom stereocenters. The van der Waals surface area contributed by atoms with Gasteiger partial charge in [0.25, 0.3) is 0 Å². The molecule has 114 valence electrons. The van der Waals surface area contributed by atoms with Crippen molar-refractivity contribution in [3.8, 4) is 0 Å². The van der Waals surface area contributed by atoms with E-state index in [9.17, 15) is 13.2 Å². The molecular formula is C15H20N2O3S. The van der Waals surface area contributed by atoms with Crippen LogP contribution < -0.4 is 5.73 Å². The van der Waals surface area contributed by atoms with Crippen molar-refractivity contribution in [2.45, 2.75) is 31.8 Å². The van der Waals surface area contributed by atoms with Crippen LogP contribution in [0, 0.1) is 5.92 Å². The van der Waals surface area contributed by atoms with Gasteiger partial charge in [0.05, 0.1) is 17.4 Å². The zero-order chi connectivity index (χ0) is 15.0. The highest BCUT2D eigenvalue weighted by atomic mass is 32.2. The lowest BCUT2D eigenvalue weighted by Gasteiger charge is -2.25. The molecule has 1 heterocycles. The molecule has 3 rings (SSSR count). The van der Waals surface area contributed by atoms with E-state index in [0.29, 0.717) is 18.7 Å². The van der Waals surface area contributed by atoms with Crippen LogP contribution in [0.25, 0.3) is 0 Å². The van der Waals surface area contributed by atoms with E-state index in [1.54, 1.807) is 0 Å². The first-order valence-corrected chi connectivity index (χ1v) is 9.12. The normalized spacial score (nSPS) is 23.9. The highest BCUT2D eigenvalue weighted by Crippen LogP contribution is 2.32. The van der Waals surface area contributed by atoms with E-state index < -0.39 is 9.84 Å². The van der Waals surface area contributed by atoms with Gasteiger partial charge in [0.15, 0.2) is 9.84 Å². The Balaban J connectivity index is 1.74. The molecule has 0 spiro atoms. The number of carbonyl (C=O) groups is 1. The lowest BCUT2D eigenvalue weighted by Crippen LogP contribution is -2.37. The van der Waals surface area contributed by atoms with Gasteiger partial charge in [-0.05, 0) is 37.0 Å². The maximum atomic E-state index is 12.6. The Bertz CT molecular complexity index is 653. The third-order valence-corrected chi connectivity index (χ3v) is 5.92. The number of sulfone groups is 1. The molecule has 0 radical (unpaired) electrons. The number of nitrogen functional groups attached to an aromatic ring is 1. The van der Waals surface area contributed by atoms with Crippen molar-refractivity contribution in [2.75, 3.05) is 17.2 Å². The van der Waals surface area contributed by atoms with Crippen molar-refractivity contribution < 1.29 is 13.2 Å². The van der Waals surface area contributed by atoms with E-state index in [0.717, 1.165) is 18.4 Å². The summed E-state index contributed by atoms with van der Waals surface area (Å²) in [7, 11) is -3.03. The Morgan fingerprint density at radius 1 is 1.29 bits per heavy atom. The standard InChI is InChI=1S/C15H20N2O3S/c16-13-3-1-2-11(8-13)9-17(14-4-5-14)15(18)12-6-7-21(19,20)10-12/h1-3,8,12,14H,4-7,9-10,16H2. The number of nitrogens with zero attached hydrogens (tertiary/aromatic N) is 1. The molecule has 1 aromatic rings. The lowest BCUT2D eigenvalue weighted by molar-refractivity contribution is -0.136. The highest BCUT2D eigenvalue weighted by Gasteiger charge is 2.40. The number of nitrogens with two attached hydrogens (primary N) is 1. The quantitative estimate of drug-likeness (QED) is 0.847. The average Bonchev–Trinajstić information content (AvgIpc) is 3.19. The molecule has 5 nitrogen and oxygen atoms in total. The summed E-state index contributed by atoms with van der Waals surface area (Å²) in [5, 5.41) is 0. The molecule has 0 aromatic heterocycles. The fourth-order valence-corrected chi connectivity index (χ4v) is 4.62. The fourth-order valence-electron chi connectivity index (χ4n) is 2.89. The van der Waals surface area contributed by atoms with Crippen molar-refractivity contribution in [3.05, 3.63) is 29.8 Å². The van der Waals surface area contributed by atoms with E-state index >= 15 is 0 Å². The van der Waals surface area contributed by atoms with Gasteiger partial charge in [-0.3, -0.25) is 4.79 Å². The van der Waals surface area contributed by atoms with Crippen LogP contribution in [0.4, 0.5) is 5.69 Å². The molecular weight excluding hydrogens is 288 g/mol. The van der Waals surface area contributed by atoms with E-state index in [1.165, 1.54) is 0 Å². The van der Waals surface area contributed by atoms with Crippen LogP contribution in [-0.2, 0) is 21.2 Å². The molecule has 21 heavy (non-hydrogen) atoms. The lowest BCUT2D eigenvalue weighted by atomic mass is 10.1. The highest BCUT2D eigenvalue weighted by molar-refractivity contribution is 7.91. The average molecular weight is 308 g/mol. The predicted octanol–water partition coefficient (Wildman–Crippen LogP) is 1.19. The minimum atomic E-state index is -3.03. The van der Waals surface area contributed by atoms with E-state index in [2.05, 4.69) is 0 Å². The van der Waals surface area contributed by atoms with Gasteiger partial charge in [0, 0.05) is 18.3 Å². The van der Waals surface area contributed by atoms with Gasteiger partial charge in [-0.2, -0.15) is 0 Å². The van der Waals surface area contributed by atoms with Gasteiger partial charge >= 0.3 is 0 Å². The van der Waals surface area contributed by atoms with Crippen molar-refractivity contribution in [1.82, 2.24) is 4.90 Å². The van der Waals surface area contributed by atoms with Gasteiger partial charge < -0.3 is 10.6 Å². The largest absolute Gasteiger partial charge is 0.399 e. The second kappa shape index (κ2) is 5.33. The van der Waals surface area contributed by atoms with Crippen LogP contribution in [-0.4, -0.2) is 36.8 Å². The first-order chi connectivity index (χ1) is 9.94. The summed E-state index contributed by atoms with van der Waals surface area (Å²) in [5.41, 5.74) is 7.45. The summed E-state index contributed by atoms with van der Waals surface area (Å²) >= 11 is 0. The molecule has 1 amide bonds. The minimum Gasteiger partial charge on any atom is -0.399 e. The third-order valence-electron chi connectivity index (χ3n) is 4.16. The third kappa shape index (κ3) is 3.37. The molecule has 1 aromatic carbocycles. The molecule has 2 N–H and O–H groups in total. The van der Waals surface area contributed by atoms with E-state index in [1.807, 2.05) is 29.2 Å². The molecule has 0 bridgehead atoms. The molecule has 2 aliphatic rings. The van der Waals surface area contributed by atoms with Crippen LogP contribution in [0.15, 0.2) is 24.3 Å². The molecule has 1 saturated heterocycles. The molecule has 1 saturated carbocycles. The van der Waals surface area contributed by atoms with Gasteiger partial charge in [0.1, 0.15) is 0 Å². The second-order valence-electron chi connectivity index (χ2n) is 6.04.